The molecule has 0 fully saturated rings. The highest BCUT2D eigenvalue weighted by atomic mass is 35.5. The molecule has 2 aromatic carbocycles. The zero-order valence-electron chi connectivity index (χ0n) is 17.7. The molecule has 0 aliphatic carbocycles. The summed E-state index contributed by atoms with van der Waals surface area (Å²) in [5.74, 6) is 0. The number of nitrogens with zero attached hydrogens (tertiary/aromatic N) is 2. The van der Waals surface area contributed by atoms with Crippen molar-refractivity contribution >= 4 is 34.7 Å². The van der Waals surface area contributed by atoms with Gasteiger partial charge in [-0.3, -0.25) is 0 Å². The van der Waals surface area contributed by atoms with Gasteiger partial charge in [0.25, 0.3) is 0 Å². The van der Waals surface area contributed by atoms with Gasteiger partial charge in [0.2, 0.25) is 0 Å². The second-order valence-corrected chi connectivity index (χ2v) is 6.28. The topological polar surface area (TPSA) is 6.48 Å². The molecule has 0 unspecified atom stereocenters. The second kappa shape index (κ2) is 6.30. The number of benzene rings is 2. The van der Waals surface area contributed by atoms with E-state index in [9.17, 15) is 0 Å². The highest BCUT2D eigenvalue weighted by Crippen LogP contribution is 2.48. The van der Waals surface area contributed by atoms with Crippen molar-refractivity contribution in [3.8, 4) is 0 Å². The van der Waals surface area contributed by atoms with Gasteiger partial charge in [-0.15, -0.1) is 0 Å². The molecule has 1 heterocycles. The minimum atomic E-state index is -2.88. The van der Waals surface area contributed by atoms with Crippen LogP contribution in [0.25, 0.3) is 0 Å². The molecule has 1 aliphatic rings. The average molecular weight is 325 g/mol. The first-order valence-corrected chi connectivity index (χ1v) is 7.65. The number of fused-ring (bicyclic) bond motifs is 2. The summed E-state index contributed by atoms with van der Waals surface area (Å²) in [6, 6.07) is 12.1. The van der Waals surface area contributed by atoms with Crippen molar-refractivity contribution in [2.45, 2.75) is 16.2 Å². The maximum Gasteiger partial charge on any atom is 0.0567 e. The summed E-state index contributed by atoms with van der Waals surface area (Å²) in [4.78, 5) is 3.76. The lowest BCUT2D eigenvalue weighted by atomic mass is 10.2. The summed E-state index contributed by atoms with van der Waals surface area (Å²) in [5.41, 5.74) is 0.885. The third kappa shape index (κ3) is 3.20. The van der Waals surface area contributed by atoms with E-state index in [1.54, 1.807) is 30.3 Å². The zero-order valence-corrected chi connectivity index (χ0v) is 13.3. The normalized spacial score (nSPS) is 19.5. The first-order chi connectivity index (χ1) is 12.4. The Hall–Kier alpha value is -1.16. The Morgan fingerprint density at radius 1 is 1.14 bits per heavy atom. The highest BCUT2D eigenvalue weighted by molar-refractivity contribution is 7.99. The van der Waals surface area contributed by atoms with Crippen molar-refractivity contribution in [2.75, 3.05) is 32.0 Å². The maximum atomic E-state index is 8.70. The Bertz CT molecular complexity index is 874. The molecule has 3 rings (SSSR count). The van der Waals surface area contributed by atoms with Crippen molar-refractivity contribution in [2.24, 2.45) is 0 Å². The predicted molar refractivity (Wildman–Crippen MR) is 92.2 cm³/mol. The lowest BCUT2D eigenvalue weighted by Gasteiger charge is -2.33. The van der Waals surface area contributed by atoms with E-state index in [0.717, 1.165) is 14.7 Å². The van der Waals surface area contributed by atoms with Crippen LogP contribution in [0.5, 0.6) is 0 Å². The van der Waals surface area contributed by atoms with E-state index in [1.165, 1.54) is 30.8 Å². The van der Waals surface area contributed by atoms with Crippen LogP contribution in [0.2, 0.25) is 5.02 Å². The van der Waals surface area contributed by atoms with Gasteiger partial charge in [-0.1, -0.05) is 35.5 Å². The van der Waals surface area contributed by atoms with E-state index in [-0.39, 0.29) is 0 Å². The summed E-state index contributed by atoms with van der Waals surface area (Å²) < 4.78 is 50.6. The first-order valence-electron chi connectivity index (χ1n) is 9.45. The zero-order chi connectivity index (χ0) is 20.2. The van der Waals surface area contributed by atoms with Crippen molar-refractivity contribution in [1.82, 2.24) is 4.90 Å². The van der Waals surface area contributed by atoms with Crippen LogP contribution in [-0.2, 0) is 0 Å². The van der Waals surface area contributed by atoms with E-state index in [1.807, 2.05) is 12.1 Å². The molecule has 0 radical (unpaired) electrons. The number of para-hydroxylation sites is 1. The Kier molecular flexibility index (Phi) is 2.73. The van der Waals surface area contributed by atoms with Gasteiger partial charge in [0.15, 0.2) is 0 Å². The second-order valence-electron chi connectivity index (χ2n) is 4.76. The van der Waals surface area contributed by atoms with Crippen LogP contribution in [0.4, 0.5) is 11.4 Å². The van der Waals surface area contributed by atoms with Crippen LogP contribution < -0.4 is 4.90 Å². The molecule has 1 aliphatic heterocycles. The molecule has 4 heteroatoms. The van der Waals surface area contributed by atoms with Gasteiger partial charge in [-0.25, -0.2) is 0 Å². The number of hydrogen-bond donors (Lipinski definition) is 0. The van der Waals surface area contributed by atoms with Gasteiger partial charge in [-0.2, -0.15) is 0 Å². The summed E-state index contributed by atoms with van der Waals surface area (Å²) >= 11 is 7.58. The summed E-state index contributed by atoms with van der Waals surface area (Å²) in [5, 5.41) is 0.394. The monoisotopic (exact) mass is 324 g/mol. The number of halogens is 1. The summed E-state index contributed by atoms with van der Waals surface area (Å²) in [7, 11) is 2.78. The minimum Gasteiger partial charge on any atom is -0.340 e. The summed E-state index contributed by atoms with van der Waals surface area (Å²) in [6.07, 6.45) is -2.88. The quantitative estimate of drug-likeness (QED) is 0.790. The van der Waals surface area contributed by atoms with E-state index in [2.05, 4.69) is 0 Å². The van der Waals surface area contributed by atoms with Crippen molar-refractivity contribution in [1.29, 1.82) is 0 Å². The van der Waals surface area contributed by atoms with Crippen LogP contribution >= 0.6 is 23.4 Å². The molecule has 0 saturated carbocycles. The average Bonchev–Trinajstić information content (AvgIpc) is 2.59. The van der Waals surface area contributed by atoms with Gasteiger partial charge < -0.3 is 9.80 Å². The van der Waals surface area contributed by atoms with Gasteiger partial charge in [0.1, 0.15) is 0 Å². The molecule has 2 nitrogen and oxygen atoms in total. The minimum absolute atomic E-state index is 0.394. The molecule has 0 saturated heterocycles. The molecule has 0 bridgehead atoms. The molecular weight excluding hydrogens is 300 g/mol. The molecule has 21 heavy (non-hydrogen) atoms. The van der Waals surface area contributed by atoms with Crippen LogP contribution in [-0.4, -0.2) is 32.0 Å². The molecular formula is C17H19ClN2S. The molecule has 2 aromatic rings. The predicted octanol–water partition coefficient (Wildman–Crippen LogP) is 4.89. The van der Waals surface area contributed by atoms with Gasteiger partial charge in [-0.05, 0) is 57.3 Å². The molecule has 110 valence electrons. The molecule has 0 aromatic heterocycles. The fourth-order valence-corrected chi connectivity index (χ4v) is 3.25. The molecule has 0 N–H and O–H groups in total. The Balaban J connectivity index is 2.25. The largest absolute Gasteiger partial charge is 0.340 e. The van der Waals surface area contributed by atoms with Gasteiger partial charge in [0, 0.05) is 29.5 Å². The fourth-order valence-electron chi connectivity index (χ4n) is 2.04. The Morgan fingerprint density at radius 3 is 2.71 bits per heavy atom. The Labute approximate surface area is 144 Å². The first kappa shape index (κ1) is 9.09. The van der Waals surface area contributed by atoms with E-state index >= 15 is 0 Å². The number of anilines is 2. The highest BCUT2D eigenvalue weighted by Gasteiger charge is 2.22. The van der Waals surface area contributed by atoms with Crippen molar-refractivity contribution in [3.05, 3.63) is 47.5 Å². The SMILES string of the molecule is [2H]C([2H])(N(C)C)C([2H])([2H])C([2H])([2H])N1c2ccccc2Sc2ccc(Cl)cc21. The van der Waals surface area contributed by atoms with Crippen LogP contribution in [0.15, 0.2) is 52.3 Å². The van der Waals surface area contributed by atoms with Crippen LogP contribution in [0, 0.1) is 0 Å². The van der Waals surface area contributed by atoms with E-state index in [4.69, 9.17) is 19.8 Å². The fraction of sp³-hybridized carbons (Fsp3) is 0.294. The molecule has 0 amide bonds. The van der Waals surface area contributed by atoms with Gasteiger partial charge in [0.05, 0.1) is 11.4 Å². The van der Waals surface area contributed by atoms with Gasteiger partial charge >= 0.3 is 0 Å². The Morgan fingerprint density at radius 2 is 1.90 bits per heavy atom. The maximum absolute atomic E-state index is 8.70. The van der Waals surface area contributed by atoms with Crippen molar-refractivity contribution < 1.29 is 8.22 Å². The van der Waals surface area contributed by atoms with Crippen LogP contribution in [0.3, 0.4) is 0 Å². The van der Waals surface area contributed by atoms with Crippen LogP contribution in [0.1, 0.15) is 14.6 Å². The summed E-state index contributed by atoms with van der Waals surface area (Å²) in [6.45, 7) is -5.27. The number of rotatable bonds is 4. The lowest BCUT2D eigenvalue weighted by Crippen LogP contribution is -2.25. The van der Waals surface area contributed by atoms with E-state index < -0.39 is 19.4 Å². The molecule has 0 spiro atoms. The standard InChI is InChI=1S/C17H19ClN2S/c1-19(2)10-5-11-20-14-6-3-4-7-16(14)21-17-9-8-13(18)12-15(17)20/h3-4,6-9,12H,5,10-11H2,1-2H3/i5D2,10D2,11D2. The number of hydrogen-bond acceptors (Lipinski definition) is 3. The smallest absolute Gasteiger partial charge is 0.0567 e. The third-order valence-corrected chi connectivity index (χ3v) is 4.30. The van der Waals surface area contributed by atoms with E-state index in [0.29, 0.717) is 16.4 Å². The van der Waals surface area contributed by atoms with Crippen molar-refractivity contribution in [3.63, 3.8) is 0 Å². The third-order valence-electron chi connectivity index (χ3n) is 2.94. The lowest BCUT2D eigenvalue weighted by molar-refractivity contribution is 0.402. The molecule has 0 atom stereocenters.